The molecule has 0 spiro atoms. The summed E-state index contributed by atoms with van der Waals surface area (Å²) in [4.78, 5) is 6.05. The number of allylic oxidation sites excluding steroid dienone is 13. The van der Waals surface area contributed by atoms with Crippen molar-refractivity contribution in [3.05, 3.63) is 226 Å². The molecule has 3 aliphatic rings. The van der Waals surface area contributed by atoms with E-state index in [0.29, 0.717) is 5.92 Å². The van der Waals surface area contributed by atoms with Crippen LogP contribution in [0.2, 0.25) is 0 Å². The number of rotatable bonds is 11. The lowest BCUT2D eigenvalue weighted by molar-refractivity contribution is 0.750. The van der Waals surface area contributed by atoms with Gasteiger partial charge in [-0.2, -0.15) is 0 Å². The Morgan fingerprint density at radius 3 is 2.38 bits per heavy atom. The van der Waals surface area contributed by atoms with Crippen LogP contribution in [0.3, 0.4) is 0 Å². The lowest BCUT2D eigenvalue weighted by atomic mass is 9.91. The highest BCUT2D eigenvalue weighted by atomic mass is 32.1. The van der Waals surface area contributed by atoms with Gasteiger partial charge < -0.3 is 9.88 Å². The highest BCUT2D eigenvalue weighted by molar-refractivity contribution is 7.19. The molecule has 9 rings (SSSR count). The normalized spacial score (nSPS) is 15.7. The molecule has 1 unspecified atom stereocenters. The number of nitrogens with zero attached hydrogens (tertiary/aromatic N) is 2. The standard InChI is InChI=1S/C57H51N3S.2C2H6/c1-5-40(48(34-39(3)4)53-25-13-15-33-59-53)22-16-26-54-47(6-2)49-36-44(42-20-10-11-21-45(35-42)52-24-12-14-32-58-52)28-30-55(49)60(54)46-29-31-57-51(38-46)50-37-43(23-17-27-56(50)61-57)41-18-8-7-9-19-41;2*1-2/h5,7-21,23-26,28-34,36-39,53,59H,6,22,27H2,1-4H3;2*1-2H3/b26-16-,40-5-,48-34+;;. The van der Waals surface area contributed by atoms with Crippen LogP contribution in [-0.2, 0) is 12.8 Å². The minimum Gasteiger partial charge on any atom is -0.381 e. The molecule has 0 amide bonds. The number of aromatic nitrogens is 2. The predicted octanol–water partition coefficient (Wildman–Crippen LogP) is 16.7. The summed E-state index contributed by atoms with van der Waals surface area (Å²) in [6, 6.07) is 31.0. The third-order valence-corrected chi connectivity index (χ3v) is 12.9. The molecule has 328 valence electrons. The maximum Gasteiger partial charge on any atom is 0.0779 e. The number of nitrogens with one attached hydrogen (secondary N) is 1. The molecule has 0 saturated carbocycles. The highest BCUT2D eigenvalue weighted by Crippen LogP contribution is 2.40. The van der Waals surface area contributed by atoms with Crippen LogP contribution in [0.25, 0.3) is 55.5 Å². The number of aryl methyl sites for hydroxylation is 1. The number of thiophene rings is 1. The van der Waals surface area contributed by atoms with E-state index in [4.69, 9.17) is 0 Å². The van der Waals surface area contributed by atoms with Crippen molar-refractivity contribution in [1.82, 2.24) is 14.9 Å². The van der Waals surface area contributed by atoms with E-state index in [-0.39, 0.29) is 6.04 Å². The zero-order valence-electron chi connectivity index (χ0n) is 39.4. The van der Waals surface area contributed by atoms with Crippen molar-refractivity contribution in [2.24, 2.45) is 5.92 Å². The fraction of sp³-hybridized carbons (Fsp3) is 0.213. The Morgan fingerprint density at radius 1 is 0.862 bits per heavy atom. The van der Waals surface area contributed by atoms with E-state index in [1.54, 1.807) is 0 Å². The average Bonchev–Trinajstić information content (AvgIpc) is 3.60. The first-order valence-corrected chi connectivity index (χ1v) is 24.4. The van der Waals surface area contributed by atoms with Crippen LogP contribution in [0, 0.1) is 5.92 Å². The third-order valence-electron chi connectivity index (χ3n) is 11.6. The zero-order chi connectivity index (χ0) is 45.7. The molecule has 65 heavy (non-hydrogen) atoms. The largest absolute Gasteiger partial charge is 0.381 e. The van der Waals surface area contributed by atoms with Crippen molar-refractivity contribution in [2.75, 3.05) is 0 Å². The van der Waals surface area contributed by atoms with E-state index in [1.807, 2.05) is 69.6 Å². The van der Waals surface area contributed by atoms with Gasteiger partial charge in [-0.15, -0.1) is 17.1 Å². The van der Waals surface area contributed by atoms with Gasteiger partial charge in [-0.3, -0.25) is 4.98 Å². The van der Waals surface area contributed by atoms with Crippen LogP contribution < -0.4 is 5.32 Å². The van der Waals surface area contributed by atoms with E-state index in [0.717, 1.165) is 41.7 Å². The van der Waals surface area contributed by atoms with Crippen LogP contribution in [0.15, 0.2) is 187 Å². The second-order valence-electron chi connectivity index (χ2n) is 16.0. The van der Waals surface area contributed by atoms with Crippen molar-refractivity contribution < 1.29 is 0 Å². The van der Waals surface area contributed by atoms with E-state index in [2.05, 4.69) is 200 Å². The Balaban J connectivity index is 0.00000153. The molecule has 0 bridgehead atoms. The molecule has 0 fully saturated rings. The van der Waals surface area contributed by atoms with Gasteiger partial charge >= 0.3 is 0 Å². The second-order valence-corrected chi connectivity index (χ2v) is 17.2. The summed E-state index contributed by atoms with van der Waals surface area (Å²) < 4.78 is 3.82. The molecule has 4 heterocycles. The lowest BCUT2D eigenvalue weighted by Crippen LogP contribution is -2.27. The first-order valence-electron chi connectivity index (χ1n) is 23.6. The molecule has 0 radical (unpaired) electrons. The summed E-state index contributed by atoms with van der Waals surface area (Å²) in [7, 11) is 0. The topological polar surface area (TPSA) is 29.9 Å². The quantitative estimate of drug-likeness (QED) is 0.104. The number of dihydropyridines is 1. The van der Waals surface area contributed by atoms with Gasteiger partial charge in [0.1, 0.15) is 0 Å². The third kappa shape index (κ3) is 10.3. The minimum absolute atomic E-state index is 0.150. The average molecular weight is 870 g/mol. The van der Waals surface area contributed by atoms with E-state index in [9.17, 15) is 0 Å². The number of benzene rings is 3. The second kappa shape index (κ2) is 22.3. The van der Waals surface area contributed by atoms with Crippen LogP contribution >= 0.6 is 11.3 Å². The maximum absolute atomic E-state index is 4.64. The van der Waals surface area contributed by atoms with Crippen molar-refractivity contribution in [2.45, 2.75) is 80.7 Å². The molecule has 1 atom stereocenters. The Morgan fingerprint density at radius 2 is 1.66 bits per heavy atom. The summed E-state index contributed by atoms with van der Waals surface area (Å²) >= 11 is 1.92. The molecule has 3 aromatic heterocycles. The fourth-order valence-electron chi connectivity index (χ4n) is 8.76. The molecule has 3 aromatic carbocycles. The van der Waals surface area contributed by atoms with Gasteiger partial charge in [0.25, 0.3) is 0 Å². The maximum atomic E-state index is 4.64. The van der Waals surface area contributed by atoms with Crippen LogP contribution in [0.1, 0.15) is 100 Å². The minimum atomic E-state index is 0.150. The summed E-state index contributed by atoms with van der Waals surface area (Å²) in [5, 5.41) is 6.14. The van der Waals surface area contributed by atoms with Crippen molar-refractivity contribution in [3.63, 3.8) is 0 Å². The fourth-order valence-corrected chi connectivity index (χ4v) is 9.90. The van der Waals surface area contributed by atoms with Crippen LogP contribution in [0.5, 0.6) is 0 Å². The predicted molar refractivity (Wildman–Crippen MR) is 286 cm³/mol. The SMILES string of the molecule is C/C=C(C/C=C\c1c(CC)c2cc(C3=C=C(c4ccccn4)C=CC=C3)ccc2n1-c1ccc2sc3c(c2c1)C=C(c1ccccc1)C=CC3)\C(=C/C(C)C)C1C=CC=CN1.CC.CC. The van der Waals surface area contributed by atoms with Gasteiger partial charge in [-0.1, -0.05) is 146 Å². The molecule has 1 N–H and O–H groups in total. The summed E-state index contributed by atoms with van der Waals surface area (Å²) in [5.74, 6) is 0.430. The van der Waals surface area contributed by atoms with Crippen molar-refractivity contribution >= 4 is 61.2 Å². The lowest BCUT2D eigenvalue weighted by Gasteiger charge is -2.22. The van der Waals surface area contributed by atoms with Gasteiger partial charge in [0.15, 0.2) is 0 Å². The number of hydrogen-bond donors (Lipinski definition) is 1. The molecule has 6 aromatic rings. The van der Waals surface area contributed by atoms with Crippen molar-refractivity contribution in [3.8, 4) is 5.69 Å². The number of hydrogen-bond acceptors (Lipinski definition) is 3. The van der Waals surface area contributed by atoms with Crippen LogP contribution in [0.4, 0.5) is 0 Å². The molecular weight excluding hydrogens is 807 g/mol. The Kier molecular flexibility index (Phi) is 15.9. The Hall–Kier alpha value is -6.71. The van der Waals surface area contributed by atoms with E-state index in [1.165, 1.54) is 70.7 Å². The van der Waals surface area contributed by atoms with Gasteiger partial charge in [0, 0.05) is 55.5 Å². The zero-order valence-corrected chi connectivity index (χ0v) is 40.2. The van der Waals surface area contributed by atoms with Gasteiger partial charge in [0.2, 0.25) is 0 Å². The van der Waals surface area contributed by atoms with E-state index >= 15 is 0 Å². The highest BCUT2D eigenvalue weighted by Gasteiger charge is 2.21. The molecule has 2 aliphatic carbocycles. The van der Waals surface area contributed by atoms with E-state index < -0.39 is 0 Å². The molecule has 1 aliphatic heterocycles. The summed E-state index contributed by atoms with van der Waals surface area (Å²) in [6.45, 7) is 17.0. The van der Waals surface area contributed by atoms with Gasteiger partial charge in [-0.05, 0) is 144 Å². The molecule has 0 saturated heterocycles. The number of pyridine rings is 1. The summed E-state index contributed by atoms with van der Waals surface area (Å²) in [5.41, 5.74) is 19.2. The molecule has 3 nitrogen and oxygen atoms in total. The van der Waals surface area contributed by atoms with Crippen molar-refractivity contribution in [1.29, 1.82) is 0 Å². The monoisotopic (exact) mass is 869 g/mol. The van der Waals surface area contributed by atoms with Crippen LogP contribution in [-0.4, -0.2) is 15.6 Å². The summed E-state index contributed by atoms with van der Waals surface area (Å²) in [6.07, 6.45) is 37.9. The van der Waals surface area contributed by atoms with Gasteiger partial charge in [0.05, 0.1) is 17.3 Å². The Labute approximate surface area is 392 Å². The smallest absolute Gasteiger partial charge is 0.0779 e. The number of fused-ring (bicyclic) bond motifs is 4. The van der Waals surface area contributed by atoms with Gasteiger partial charge in [-0.25, -0.2) is 0 Å². The molecular formula is C61H63N3S. The first kappa shape index (κ1) is 46.3. The first-order chi connectivity index (χ1) is 32.0. The molecule has 4 heteroatoms. The Bertz CT molecular complexity index is 2980.